The molecule has 1 amide bonds. The van der Waals surface area contributed by atoms with Crippen molar-refractivity contribution in [3.05, 3.63) is 48.5 Å². The highest BCUT2D eigenvalue weighted by Gasteiger charge is 2.03. The van der Waals surface area contributed by atoms with Gasteiger partial charge in [0, 0.05) is 12.2 Å². The van der Waals surface area contributed by atoms with Crippen LogP contribution in [0.3, 0.4) is 0 Å². The third kappa shape index (κ3) is 5.61. The Morgan fingerprint density at radius 1 is 1.00 bits per heavy atom. The largest absolute Gasteiger partial charge is 0.494 e. The molecule has 0 spiro atoms. The van der Waals surface area contributed by atoms with Crippen LogP contribution >= 0.6 is 0 Å². The van der Waals surface area contributed by atoms with E-state index in [9.17, 15) is 4.79 Å². The molecule has 4 heteroatoms. The van der Waals surface area contributed by atoms with Crippen molar-refractivity contribution in [1.82, 2.24) is 5.32 Å². The van der Waals surface area contributed by atoms with Gasteiger partial charge in [-0.25, -0.2) is 0 Å². The van der Waals surface area contributed by atoms with Crippen LogP contribution in [0.4, 0.5) is 5.69 Å². The number of rotatable bonds is 8. The van der Waals surface area contributed by atoms with Gasteiger partial charge in [0.05, 0.1) is 13.2 Å². The van der Waals surface area contributed by atoms with Crippen LogP contribution in [0.5, 0.6) is 5.75 Å². The molecule has 0 bridgehead atoms. The van der Waals surface area contributed by atoms with E-state index in [0.29, 0.717) is 19.1 Å². The molecule has 0 unspecified atom stereocenters. The van der Waals surface area contributed by atoms with Crippen LogP contribution in [-0.4, -0.2) is 25.6 Å². The Kier molecular flexibility index (Phi) is 6.67. The molecule has 2 aromatic carbocycles. The Labute approximate surface area is 144 Å². The minimum absolute atomic E-state index is 0.0132. The first-order valence-electron chi connectivity index (χ1n) is 8.42. The molecule has 0 atom stereocenters. The first-order chi connectivity index (χ1) is 11.6. The molecule has 4 nitrogen and oxygen atoms in total. The SMILES string of the molecule is CCOc1ccc(-c2ccc(NCC(=O)NCC(C)C)cc2)cc1. The fraction of sp³-hybridized carbons (Fsp3) is 0.350. The standard InChI is InChI=1S/C20H26N2O2/c1-4-24-19-11-7-17(8-12-19)16-5-9-18(10-6-16)21-14-20(23)22-13-15(2)3/h5-12,15,21H,4,13-14H2,1-3H3,(H,22,23). The highest BCUT2D eigenvalue weighted by Crippen LogP contribution is 2.23. The topological polar surface area (TPSA) is 50.4 Å². The summed E-state index contributed by atoms with van der Waals surface area (Å²) in [5.41, 5.74) is 3.21. The number of hydrogen-bond acceptors (Lipinski definition) is 3. The van der Waals surface area contributed by atoms with E-state index in [4.69, 9.17) is 4.74 Å². The minimum atomic E-state index is 0.0132. The summed E-state index contributed by atoms with van der Waals surface area (Å²) < 4.78 is 5.46. The number of hydrogen-bond donors (Lipinski definition) is 2. The van der Waals surface area contributed by atoms with E-state index >= 15 is 0 Å². The fourth-order valence-electron chi connectivity index (χ4n) is 2.25. The van der Waals surface area contributed by atoms with Crippen LogP contribution in [0, 0.1) is 5.92 Å². The zero-order chi connectivity index (χ0) is 17.4. The van der Waals surface area contributed by atoms with Gasteiger partial charge < -0.3 is 15.4 Å². The van der Waals surface area contributed by atoms with E-state index < -0.39 is 0 Å². The summed E-state index contributed by atoms with van der Waals surface area (Å²) in [5.74, 6) is 1.36. The maximum atomic E-state index is 11.7. The molecule has 0 fully saturated rings. The van der Waals surface area contributed by atoms with Crippen molar-refractivity contribution < 1.29 is 9.53 Å². The molecule has 0 saturated heterocycles. The van der Waals surface area contributed by atoms with Gasteiger partial charge in [-0.05, 0) is 48.2 Å². The number of carbonyl (C=O) groups is 1. The molecule has 0 heterocycles. The highest BCUT2D eigenvalue weighted by atomic mass is 16.5. The predicted octanol–water partition coefficient (Wildman–Crippen LogP) is 3.94. The fourth-order valence-corrected chi connectivity index (χ4v) is 2.25. The normalized spacial score (nSPS) is 10.5. The second-order valence-corrected chi connectivity index (χ2v) is 6.09. The summed E-state index contributed by atoms with van der Waals surface area (Å²) in [6.07, 6.45) is 0. The Balaban J connectivity index is 1.89. The molecule has 0 radical (unpaired) electrons. The van der Waals surface area contributed by atoms with Crippen molar-refractivity contribution >= 4 is 11.6 Å². The molecular weight excluding hydrogens is 300 g/mol. The van der Waals surface area contributed by atoms with Crippen LogP contribution in [0.25, 0.3) is 11.1 Å². The average Bonchev–Trinajstić information content (AvgIpc) is 2.59. The van der Waals surface area contributed by atoms with Gasteiger partial charge in [0.15, 0.2) is 0 Å². The van der Waals surface area contributed by atoms with Gasteiger partial charge in [0.2, 0.25) is 5.91 Å². The van der Waals surface area contributed by atoms with Gasteiger partial charge in [-0.3, -0.25) is 4.79 Å². The zero-order valence-electron chi connectivity index (χ0n) is 14.6. The Morgan fingerprint density at radius 3 is 2.12 bits per heavy atom. The van der Waals surface area contributed by atoms with Crippen molar-refractivity contribution in [2.75, 3.05) is 25.0 Å². The van der Waals surface area contributed by atoms with Crippen molar-refractivity contribution in [2.45, 2.75) is 20.8 Å². The van der Waals surface area contributed by atoms with E-state index in [0.717, 1.165) is 22.6 Å². The first-order valence-corrected chi connectivity index (χ1v) is 8.42. The third-order valence-electron chi connectivity index (χ3n) is 3.54. The van der Waals surface area contributed by atoms with Crippen LogP contribution in [0.1, 0.15) is 20.8 Å². The van der Waals surface area contributed by atoms with Gasteiger partial charge in [0.25, 0.3) is 0 Å². The lowest BCUT2D eigenvalue weighted by molar-refractivity contribution is -0.119. The van der Waals surface area contributed by atoms with E-state index in [2.05, 4.69) is 24.5 Å². The van der Waals surface area contributed by atoms with Crippen LogP contribution in [-0.2, 0) is 4.79 Å². The zero-order valence-corrected chi connectivity index (χ0v) is 14.6. The minimum Gasteiger partial charge on any atom is -0.494 e. The van der Waals surface area contributed by atoms with Crippen molar-refractivity contribution in [1.29, 1.82) is 0 Å². The molecule has 2 aromatic rings. The molecule has 0 aliphatic carbocycles. The Bertz CT molecular complexity index is 634. The molecule has 128 valence electrons. The van der Waals surface area contributed by atoms with Gasteiger partial charge in [0.1, 0.15) is 5.75 Å². The monoisotopic (exact) mass is 326 g/mol. The number of benzene rings is 2. The van der Waals surface area contributed by atoms with Crippen molar-refractivity contribution in [3.63, 3.8) is 0 Å². The number of ether oxygens (including phenoxy) is 1. The molecule has 0 aliphatic rings. The lowest BCUT2D eigenvalue weighted by Crippen LogP contribution is -2.32. The lowest BCUT2D eigenvalue weighted by atomic mass is 10.1. The number of amides is 1. The second kappa shape index (κ2) is 8.96. The lowest BCUT2D eigenvalue weighted by Gasteiger charge is -2.10. The van der Waals surface area contributed by atoms with E-state index in [1.165, 1.54) is 0 Å². The van der Waals surface area contributed by atoms with E-state index in [1.54, 1.807) is 0 Å². The Hall–Kier alpha value is -2.49. The van der Waals surface area contributed by atoms with Gasteiger partial charge in [-0.15, -0.1) is 0 Å². The molecule has 0 aliphatic heterocycles. The van der Waals surface area contributed by atoms with Gasteiger partial charge in [-0.2, -0.15) is 0 Å². The maximum absolute atomic E-state index is 11.7. The van der Waals surface area contributed by atoms with Crippen molar-refractivity contribution in [3.8, 4) is 16.9 Å². The summed E-state index contributed by atoms with van der Waals surface area (Å²) in [6, 6.07) is 16.1. The number of carbonyl (C=O) groups excluding carboxylic acids is 1. The van der Waals surface area contributed by atoms with Gasteiger partial charge in [-0.1, -0.05) is 38.1 Å². The highest BCUT2D eigenvalue weighted by molar-refractivity contribution is 5.80. The van der Waals surface area contributed by atoms with Gasteiger partial charge >= 0.3 is 0 Å². The van der Waals surface area contributed by atoms with Crippen LogP contribution in [0.2, 0.25) is 0 Å². The van der Waals surface area contributed by atoms with Crippen molar-refractivity contribution in [2.24, 2.45) is 5.92 Å². The molecule has 0 aromatic heterocycles. The number of anilines is 1. The quantitative estimate of drug-likeness (QED) is 0.772. The molecular formula is C20H26N2O2. The maximum Gasteiger partial charge on any atom is 0.239 e. The summed E-state index contributed by atoms with van der Waals surface area (Å²) >= 11 is 0. The summed E-state index contributed by atoms with van der Waals surface area (Å²) in [5, 5.41) is 6.03. The summed E-state index contributed by atoms with van der Waals surface area (Å²) in [6.45, 7) is 7.79. The smallest absolute Gasteiger partial charge is 0.239 e. The molecule has 2 rings (SSSR count). The average molecular weight is 326 g/mol. The summed E-state index contributed by atoms with van der Waals surface area (Å²) in [7, 11) is 0. The third-order valence-corrected chi connectivity index (χ3v) is 3.54. The molecule has 0 saturated carbocycles. The van der Waals surface area contributed by atoms with Crippen LogP contribution < -0.4 is 15.4 Å². The second-order valence-electron chi connectivity index (χ2n) is 6.09. The number of nitrogens with one attached hydrogen (secondary N) is 2. The first kappa shape index (κ1) is 17.9. The van der Waals surface area contributed by atoms with Crippen LogP contribution in [0.15, 0.2) is 48.5 Å². The predicted molar refractivity (Wildman–Crippen MR) is 99.4 cm³/mol. The van der Waals surface area contributed by atoms with E-state index in [-0.39, 0.29) is 12.5 Å². The molecule has 24 heavy (non-hydrogen) atoms. The summed E-state index contributed by atoms with van der Waals surface area (Å²) in [4.78, 5) is 11.7. The molecule has 2 N–H and O–H groups in total. The van der Waals surface area contributed by atoms with E-state index in [1.807, 2.05) is 55.5 Å². The Morgan fingerprint density at radius 2 is 1.58 bits per heavy atom.